The summed E-state index contributed by atoms with van der Waals surface area (Å²) in [6.45, 7) is 10.0. The Bertz CT molecular complexity index is 373. The molecule has 0 fully saturated rings. The van der Waals surface area contributed by atoms with Crippen molar-refractivity contribution < 1.29 is 61.3 Å². The predicted octanol–water partition coefficient (Wildman–Crippen LogP) is 1.88. The van der Waals surface area contributed by atoms with E-state index in [9.17, 15) is 14.4 Å². The first-order chi connectivity index (χ1) is 10.2. The van der Waals surface area contributed by atoms with Crippen LogP contribution in [0.1, 0.15) is 13.3 Å². The van der Waals surface area contributed by atoms with Gasteiger partial charge in [-0.1, -0.05) is 6.58 Å². The minimum absolute atomic E-state index is 0. The molecule has 0 aliphatic rings. The molecular weight excluding hydrogens is 407 g/mol. The molecule has 0 spiro atoms. The smallest absolute Gasteiger partial charge is 0.407 e. The molecule has 139 valence electrons. The quantitative estimate of drug-likeness (QED) is 0.169. The van der Waals surface area contributed by atoms with Gasteiger partial charge in [0.2, 0.25) is 0 Å². The Morgan fingerprint density at radius 1 is 1.12 bits per heavy atom. The molecule has 1 radical (unpaired) electrons. The fraction of sp³-hybridized carbons (Fsp3) is 0.667. The Kier molecular flexibility index (Phi) is 19.3. The molecular formula is C15H30NO6SiY-. The molecule has 7 nitrogen and oxygen atoms in total. The van der Waals surface area contributed by atoms with Gasteiger partial charge < -0.3 is 31.7 Å². The van der Waals surface area contributed by atoms with Crippen LogP contribution in [0, 0.1) is 7.43 Å². The van der Waals surface area contributed by atoms with Crippen LogP contribution in [-0.4, -0.2) is 58.1 Å². The molecule has 0 aromatic carbocycles. The van der Waals surface area contributed by atoms with Crippen molar-refractivity contribution in [1.29, 1.82) is 0 Å². The van der Waals surface area contributed by atoms with E-state index >= 15 is 0 Å². The Morgan fingerprint density at radius 2 is 1.75 bits per heavy atom. The summed E-state index contributed by atoms with van der Waals surface area (Å²) in [4.78, 5) is 31.9. The number of ether oxygens (including phenoxy) is 3. The van der Waals surface area contributed by atoms with Crippen molar-refractivity contribution in [3.8, 4) is 0 Å². The number of carbonyl (C=O) groups excluding carboxylic acids is 2. The fourth-order valence-corrected chi connectivity index (χ4v) is 2.38. The molecule has 2 N–H and O–H groups in total. The second-order valence-electron chi connectivity index (χ2n) is 5.51. The zero-order valence-corrected chi connectivity index (χ0v) is 19.1. The number of hydrogen-bond donors (Lipinski definition) is 2. The minimum Gasteiger partial charge on any atom is -0.460 e. The van der Waals surface area contributed by atoms with Crippen LogP contribution in [0.5, 0.6) is 0 Å². The second-order valence-corrected chi connectivity index (χ2v) is 9.63. The first-order valence-electron chi connectivity index (χ1n) is 7.26. The van der Waals surface area contributed by atoms with Gasteiger partial charge >= 0.3 is 12.1 Å². The van der Waals surface area contributed by atoms with E-state index in [1.807, 2.05) is 13.1 Å². The standard InChI is InChI=1S/C14H27NO6Si.CH3.Y/c1-12(2)13(16)20-8-6-15-14(17)21-10-9-19-7-5-11-22(3,4)18;;/h18H,1,5-11H2,2-4H3,(H,15,17);1H3;/q;-1;. The molecule has 0 aliphatic carbocycles. The van der Waals surface area contributed by atoms with Gasteiger partial charge in [0.15, 0.2) is 8.32 Å². The summed E-state index contributed by atoms with van der Waals surface area (Å²) in [7, 11) is -1.99. The molecule has 1 amide bonds. The van der Waals surface area contributed by atoms with Gasteiger partial charge in [-0.3, -0.25) is 0 Å². The van der Waals surface area contributed by atoms with E-state index in [-0.39, 0.29) is 59.9 Å². The van der Waals surface area contributed by atoms with E-state index in [0.29, 0.717) is 18.8 Å². The molecule has 0 rings (SSSR count). The van der Waals surface area contributed by atoms with Crippen LogP contribution in [-0.2, 0) is 51.7 Å². The van der Waals surface area contributed by atoms with Crippen molar-refractivity contribution in [3.05, 3.63) is 19.6 Å². The van der Waals surface area contributed by atoms with Crippen LogP contribution in [0.4, 0.5) is 4.79 Å². The van der Waals surface area contributed by atoms with E-state index in [1.165, 1.54) is 0 Å². The number of hydrogen-bond acceptors (Lipinski definition) is 6. The van der Waals surface area contributed by atoms with E-state index in [4.69, 9.17) is 14.2 Å². The van der Waals surface area contributed by atoms with Gasteiger partial charge in [-0.05, 0) is 32.5 Å². The van der Waals surface area contributed by atoms with Crippen molar-refractivity contribution in [3.63, 3.8) is 0 Å². The normalized spacial score (nSPS) is 10.0. The zero-order chi connectivity index (χ0) is 17.0. The van der Waals surface area contributed by atoms with Crippen molar-refractivity contribution >= 4 is 20.4 Å². The summed E-state index contributed by atoms with van der Waals surface area (Å²) >= 11 is 0. The summed E-state index contributed by atoms with van der Waals surface area (Å²) < 4.78 is 15.0. The van der Waals surface area contributed by atoms with E-state index in [2.05, 4.69) is 11.9 Å². The number of nitrogens with one attached hydrogen (secondary N) is 1. The Hall–Kier alpha value is -0.279. The van der Waals surface area contributed by atoms with Crippen LogP contribution in [0.2, 0.25) is 19.1 Å². The SMILES string of the molecule is C=C(C)C(=O)OCCNC(=O)OCCOCCC[Si](C)(C)O.[CH3-].[Y]. The summed E-state index contributed by atoms with van der Waals surface area (Å²) in [6.07, 6.45) is 0.217. The molecule has 24 heavy (non-hydrogen) atoms. The molecule has 0 unspecified atom stereocenters. The number of amides is 1. The largest absolute Gasteiger partial charge is 0.460 e. The van der Waals surface area contributed by atoms with Crippen molar-refractivity contribution in [2.45, 2.75) is 32.5 Å². The third kappa shape index (κ3) is 19.8. The number of esters is 1. The molecule has 9 heteroatoms. The van der Waals surface area contributed by atoms with Gasteiger partial charge in [-0.2, -0.15) is 0 Å². The average molecular weight is 437 g/mol. The molecule has 0 heterocycles. The predicted molar refractivity (Wildman–Crippen MR) is 91.5 cm³/mol. The van der Waals surface area contributed by atoms with Crippen molar-refractivity contribution in [2.24, 2.45) is 0 Å². The minimum atomic E-state index is -1.99. The molecule has 0 saturated heterocycles. The van der Waals surface area contributed by atoms with E-state index in [1.54, 1.807) is 6.92 Å². The summed E-state index contributed by atoms with van der Waals surface area (Å²) in [6, 6.07) is 0.789. The number of rotatable bonds is 11. The van der Waals surface area contributed by atoms with Crippen LogP contribution in [0.3, 0.4) is 0 Å². The first kappa shape index (κ1) is 28.5. The molecule has 0 bridgehead atoms. The second kappa shape index (κ2) is 16.2. The van der Waals surface area contributed by atoms with Gasteiger partial charge in [0.25, 0.3) is 0 Å². The maximum absolute atomic E-state index is 11.3. The van der Waals surface area contributed by atoms with Crippen LogP contribution < -0.4 is 5.32 Å². The Balaban J connectivity index is -0.00000220. The summed E-state index contributed by atoms with van der Waals surface area (Å²) in [5, 5.41) is 2.45. The van der Waals surface area contributed by atoms with Crippen molar-refractivity contribution in [1.82, 2.24) is 5.32 Å². The van der Waals surface area contributed by atoms with Crippen LogP contribution >= 0.6 is 0 Å². The maximum atomic E-state index is 11.3. The molecule has 0 aromatic rings. The van der Waals surface area contributed by atoms with Gasteiger partial charge in [0.1, 0.15) is 13.2 Å². The van der Waals surface area contributed by atoms with E-state index in [0.717, 1.165) is 12.5 Å². The van der Waals surface area contributed by atoms with Gasteiger partial charge in [-0.25, -0.2) is 9.59 Å². The number of alkyl carbamates (subject to hydrolysis) is 1. The van der Waals surface area contributed by atoms with Gasteiger partial charge in [-0.15, -0.1) is 0 Å². The third-order valence-electron chi connectivity index (χ3n) is 2.49. The molecule has 0 atom stereocenters. The summed E-state index contributed by atoms with van der Waals surface area (Å²) in [5.41, 5.74) is 0.312. The topological polar surface area (TPSA) is 94.1 Å². The van der Waals surface area contributed by atoms with Crippen LogP contribution in [0.25, 0.3) is 0 Å². The van der Waals surface area contributed by atoms with Gasteiger partial charge in [0, 0.05) is 44.9 Å². The Morgan fingerprint density at radius 3 is 2.29 bits per heavy atom. The zero-order valence-electron chi connectivity index (χ0n) is 15.2. The fourth-order valence-electron chi connectivity index (χ4n) is 1.37. The van der Waals surface area contributed by atoms with Crippen molar-refractivity contribution in [2.75, 3.05) is 33.0 Å². The van der Waals surface area contributed by atoms with Gasteiger partial charge in [0.05, 0.1) is 13.2 Å². The Labute approximate surface area is 171 Å². The average Bonchev–Trinajstić information content (AvgIpc) is 2.40. The molecule has 0 aliphatic heterocycles. The molecule has 0 saturated carbocycles. The first-order valence-corrected chi connectivity index (χ1v) is 10.4. The molecule has 0 aromatic heterocycles. The third-order valence-corrected chi connectivity index (χ3v) is 4.07. The summed E-state index contributed by atoms with van der Waals surface area (Å²) in [5.74, 6) is -0.488. The maximum Gasteiger partial charge on any atom is 0.407 e. The monoisotopic (exact) mass is 437 g/mol. The van der Waals surface area contributed by atoms with E-state index < -0.39 is 20.4 Å². The van der Waals surface area contributed by atoms with Crippen LogP contribution in [0.15, 0.2) is 12.2 Å². The number of carbonyl (C=O) groups is 2.